The van der Waals surface area contributed by atoms with E-state index in [-0.39, 0.29) is 11.5 Å². The van der Waals surface area contributed by atoms with Crippen molar-refractivity contribution >= 4 is 23.2 Å². The van der Waals surface area contributed by atoms with Crippen molar-refractivity contribution in [3.63, 3.8) is 0 Å². The zero-order valence-corrected chi connectivity index (χ0v) is 7.64. The van der Waals surface area contributed by atoms with Gasteiger partial charge in [-0.05, 0) is 29.3 Å². The van der Waals surface area contributed by atoms with Crippen LogP contribution in [0.15, 0.2) is 18.2 Å². The smallest absolute Gasteiger partial charge is 0.158 e. The molecule has 1 aliphatic rings. The van der Waals surface area contributed by atoms with Crippen LogP contribution in [0.3, 0.4) is 0 Å². The normalized spacial score (nSPS) is 14.3. The summed E-state index contributed by atoms with van der Waals surface area (Å²) in [5.41, 5.74) is 1.88. The van der Waals surface area contributed by atoms with E-state index in [4.69, 9.17) is 12.2 Å². The predicted molar refractivity (Wildman–Crippen MR) is 55.1 cm³/mol. The van der Waals surface area contributed by atoms with E-state index >= 15 is 0 Å². The van der Waals surface area contributed by atoms with Crippen LogP contribution in [0.5, 0.6) is 11.5 Å². The Balaban J connectivity index is 2.58. The summed E-state index contributed by atoms with van der Waals surface area (Å²) in [6, 6.07) is 3.10. The lowest BCUT2D eigenvalue weighted by Crippen LogP contribution is -2.02. The van der Waals surface area contributed by atoms with Crippen LogP contribution in [0, 0.1) is 0 Å². The molecule has 0 heterocycles. The monoisotopic (exact) mass is 192 g/mol. The van der Waals surface area contributed by atoms with Crippen LogP contribution in [0.1, 0.15) is 11.1 Å². The number of aromatic hydroxyl groups is 2. The first-order valence-electron chi connectivity index (χ1n) is 3.92. The summed E-state index contributed by atoms with van der Waals surface area (Å²) in [6.45, 7) is 0. The minimum atomic E-state index is -0.0868. The van der Waals surface area contributed by atoms with Crippen molar-refractivity contribution in [1.82, 2.24) is 0 Å². The summed E-state index contributed by atoms with van der Waals surface area (Å²) in [7, 11) is 0. The minimum absolute atomic E-state index is 0.0862. The molecular weight excluding hydrogens is 184 g/mol. The summed E-state index contributed by atoms with van der Waals surface area (Å²) in [5, 5.41) is 18.5. The van der Waals surface area contributed by atoms with Gasteiger partial charge in [0.1, 0.15) is 0 Å². The Morgan fingerprint density at radius 1 is 1.08 bits per heavy atom. The number of hydrogen-bond acceptors (Lipinski definition) is 3. The number of fused-ring (bicyclic) bond motifs is 1. The second kappa shape index (κ2) is 2.85. The van der Waals surface area contributed by atoms with Gasteiger partial charge in [-0.25, -0.2) is 0 Å². The van der Waals surface area contributed by atoms with Crippen LogP contribution in [0.4, 0.5) is 0 Å². The first-order valence-corrected chi connectivity index (χ1v) is 4.33. The fourth-order valence-corrected chi connectivity index (χ4v) is 1.60. The number of hydrogen-bond donors (Lipinski definition) is 2. The lowest BCUT2D eigenvalue weighted by molar-refractivity contribution is 0.403. The number of allylic oxidation sites excluding steroid dienone is 1. The number of phenols is 2. The molecule has 0 aliphatic heterocycles. The molecule has 66 valence electrons. The molecule has 0 saturated heterocycles. The van der Waals surface area contributed by atoms with Gasteiger partial charge in [-0.2, -0.15) is 0 Å². The van der Waals surface area contributed by atoms with Gasteiger partial charge >= 0.3 is 0 Å². The molecule has 0 saturated carbocycles. The maximum atomic E-state index is 9.24. The van der Waals surface area contributed by atoms with Gasteiger partial charge in [0.15, 0.2) is 11.5 Å². The van der Waals surface area contributed by atoms with E-state index in [1.54, 1.807) is 12.1 Å². The van der Waals surface area contributed by atoms with Gasteiger partial charge in [0.25, 0.3) is 0 Å². The fraction of sp³-hybridized carbons (Fsp3) is 0.100. The average Bonchev–Trinajstić information content (AvgIpc) is 2.08. The number of phenolic OH excluding ortho intramolecular Hbond substituents is 2. The largest absolute Gasteiger partial charge is 0.504 e. The van der Waals surface area contributed by atoms with Gasteiger partial charge in [-0.1, -0.05) is 18.3 Å². The zero-order valence-electron chi connectivity index (χ0n) is 6.82. The first kappa shape index (κ1) is 8.26. The average molecular weight is 192 g/mol. The first-order chi connectivity index (χ1) is 6.16. The molecule has 2 N–H and O–H groups in total. The van der Waals surface area contributed by atoms with E-state index in [0.717, 1.165) is 16.0 Å². The van der Waals surface area contributed by atoms with Crippen LogP contribution in [-0.2, 0) is 6.42 Å². The highest BCUT2D eigenvalue weighted by molar-refractivity contribution is 7.80. The molecule has 0 unspecified atom stereocenters. The van der Waals surface area contributed by atoms with Gasteiger partial charge in [0, 0.05) is 11.3 Å². The molecule has 3 heteroatoms. The maximum absolute atomic E-state index is 9.24. The SMILES string of the molecule is Oc1cc2c(cc1O)CC(=S)C=C2. The predicted octanol–water partition coefficient (Wildman–Crippen LogP) is 2.04. The Kier molecular flexibility index (Phi) is 1.81. The van der Waals surface area contributed by atoms with Crippen LogP contribution in [-0.4, -0.2) is 15.1 Å². The topological polar surface area (TPSA) is 40.5 Å². The molecule has 13 heavy (non-hydrogen) atoms. The van der Waals surface area contributed by atoms with Crippen molar-refractivity contribution in [3.05, 3.63) is 29.3 Å². The third-order valence-electron chi connectivity index (χ3n) is 2.05. The van der Waals surface area contributed by atoms with Crippen LogP contribution in [0.25, 0.3) is 6.08 Å². The van der Waals surface area contributed by atoms with Gasteiger partial charge in [-0.15, -0.1) is 0 Å². The lowest BCUT2D eigenvalue weighted by atomic mass is 9.97. The summed E-state index contributed by atoms with van der Waals surface area (Å²) in [6.07, 6.45) is 4.35. The molecule has 2 nitrogen and oxygen atoms in total. The van der Waals surface area contributed by atoms with Gasteiger partial charge < -0.3 is 10.2 Å². The summed E-state index contributed by atoms with van der Waals surface area (Å²) >= 11 is 5.03. The molecule has 0 radical (unpaired) electrons. The Bertz CT molecular complexity index is 408. The van der Waals surface area contributed by atoms with Gasteiger partial charge in [0.05, 0.1) is 0 Å². The van der Waals surface area contributed by atoms with Crippen molar-refractivity contribution in [2.24, 2.45) is 0 Å². The van der Waals surface area contributed by atoms with Crippen molar-refractivity contribution in [1.29, 1.82) is 0 Å². The molecule has 1 aliphatic carbocycles. The zero-order chi connectivity index (χ0) is 9.42. The number of benzene rings is 1. The molecule has 0 fully saturated rings. The van der Waals surface area contributed by atoms with E-state index < -0.39 is 0 Å². The number of rotatable bonds is 0. The highest BCUT2D eigenvalue weighted by Gasteiger charge is 2.11. The molecule has 1 aromatic carbocycles. The van der Waals surface area contributed by atoms with E-state index in [1.165, 1.54) is 0 Å². The Morgan fingerprint density at radius 2 is 1.77 bits per heavy atom. The molecule has 0 aromatic heterocycles. The molecule has 0 bridgehead atoms. The number of thiocarbonyl (C=S) groups is 1. The van der Waals surface area contributed by atoms with E-state index in [1.807, 2.05) is 12.2 Å². The van der Waals surface area contributed by atoms with Crippen molar-refractivity contribution in [3.8, 4) is 11.5 Å². The van der Waals surface area contributed by atoms with Crippen molar-refractivity contribution in [2.75, 3.05) is 0 Å². The fourth-order valence-electron chi connectivity index (χ4n) is 1.37. The molecule has 2 rings (SSSR count). The quantitative estimate of drug-likeness (QED) is 0.488. The standard InChI is InChI=1S/C10H8O2S/c11-9-4-6-1-2-8(13)3-7(6)5-10(9)12/h1-2,4-5,11-12H,3H2. The highest BCUT2D eigenvalue weighted by atomic mass is 32.1. The lowest BCUT2D eigenvalue weighted by Gasteiger charge is -2.11. The maximum Gasteiger partial charge on any atom is 0.158 e. The second-order valence-corrected chi connectivity index (χ2v) is 3.54. The molecule has 0 spiro atoms. The van der Waals surface area contributed by atoms with E-state index in [2.05, 4.69) is 0 Å². The highest BCUT2D eigenvalue weighted by Crippen LogP contribution is 2.31. The minimum Gasteiger partial charge on any atom is -0.504 e. The van der Waals surface area contributed by atoms with E-state index in [9.17, 15) is 10.2 Å². The third-order valence-corrected chi connectivity index (χ3v) is 2.33. The van der Waals surface area contributed by atoms with Crippen LogP contribution >= 0.6 is 12.2 Å². The summed E-state index contributed by atoms with van der Waals surface area (Å²) < 4.78 is 0. The Labute approximate surface area is 81.1 Å². The Hall–Kier alpha value is -1.35. The second-order valence-electron chi connectivity index (χ2n) is 3.02. The molecule has 1 aromatic rings. The Morgan fingerprint density at radius 3 is 2.54 bits per heavy atom. The van der Waals surface area contributed by atoms with Crippen LogP contribution < -0.4 is 0 Å². The molecular formula is C10H8O2S. The third kappa shape index (κ3) is 1.42. The molecule has 0 amide bonds. The van der Waals surface area contributed by atoms with Crippen molar-refractivity contribution in [2.45, 2.75) is 6.42 Å². The van der Waals surface area contributed by atoms with Gasteiger partial charge in [0.2, 0.25) is 0 Å². The summed E-state index contributed by atoms with van der Waals surface area (Å²) in [5.74, 6) is -0.173. The van der Waals surface area contributed by atoms with Gasteiger partial charge in [-0.3, -0.25) is 0 Å². The molecule has 0 atom stereocenters. The summed E-state index contributed by atoms with van der Waals surface area (Å²) in [4.78, 5) is 0.845. The van der Waals surface area contributed by atoms with Crippen LogP contribution in [0.2, 0.25) is 0 Å². The van der Waals surface area contributed by atoms with E-state index in [0.29, 0.717) is 6.42 Å². The van der Waals surface area contributed by atoms with Crippen molar-refractivity contribution < 1.29 is 10.2 Å².